The second-order valence-electron chi connectivity index (χ2n) is 5.34. The van der Waals surface area contributed by atoms with Crippen molar-refractivity contribution in [2.45, 2.75) is 30.1 Å². The second-order valence-corrected chi connectivity index (χ2v) is 7.42. The first-order valence-electron chi connectivity index (χ1n) is 7.11. The topological polar surface area (TPSA) is 42.0 Å². The number of thioether (sulfide) groups is 1. The molecule has 0 bridgehead atoms. The molecule has 1 aromatic heterocycles. The Morgan fingerprint density at radius 2 is 2.19 bits per heavy atom. The van der Waals surface area contributed by atoms with Crippen molar-refractivity contribution in [3.8, 4) is 0 Å². The number of aromatic nitrogens is 1. The Bertz CT molecular complexity index is 608. The molecule has 3 nitrogen and oxygen atoms in total. The Labute approximate surface area is 133 Å². The van der Waals surface area contributed by atoms with Gasteiger partial charge in [0.15, 0.2) is 4.34 Å². The normalized spacial score (nSPS) is 15.7. The van der Waals surface area contributed by atoms with E-state index in [1.54, 1.807) is 11.3 Å². The van der Waals surface area contributed by atoms with Gasteiger partial charge in [-0.15, -0.1) is 11.3 Å². The molecule has 2 aromatic rings. The summed E-state index contributed by atoms with van der Waals surface area (Å²) >= 11 is 3.11. The summed E-state index contributed by atoms with van der Waals surface area (Å²) in [6.45, 7) is 1.97. The van der Waals surface area contributed by atoms with Gasteiger partial charge in [-0.3, -0.25) is 4.79 Å². The Morgan fingerprint density at radius 3 is 2.81 bits per heavy atom. The number of carbonyl (C=O) groups excluding carboxylic acids is 1. The third-order valence-corrected chi connectivity index (χ3v) is 5.63. The van der Waals surface area contributed by atoms with Gasteiger partial charge in [-0.2, -0.15) is 0 Å². The first-order valence-corrected chi connectivity index (χ1v) is 8.98. The Morgan fingerprint density at radius 1 is 1.43 bits per heavy atom. The number of hydrogen-bond acceptors (Lipinski definition) is 4. The maximum absolute atomic E-state index is 12.2. The molecule has 0 spiro atoms. The smallest absolute Gasteiger partial charge is 0.230 e. The molecular weight excluding hydrogens is 300 g/mol. The van der Waals surface area contributed by atoms with Crippen molar-refractivity contribution in [1.29, 1.82) is 0 Å². The zero-order chi connectivity index (χ0) is 14.7. The van der Waals surface area contributed by atoms with Crippen molar-refractivity contribution in [1.82, 2.24) is 10.3 Å². The lowest BCUT2D eigenvalue weighted by Gasteiger charge is -2.18. The molecule has 1 atom stereocenters. The monoisotopic (exact) mass is 318 g/mol. The van der Waals surface area contributed by atoms with Crippen molar-refractivity contribution in [3.05, 3.63) is 47.0 Å². The predicted octanol–water partition coefficient (Wildman–Crippen LogP) is 3.81. The molecule has 1 unspecified atom stereocenters. The number of rotatable bonds is 6. The SMILES string of the molecule is Cc1csc(SCC(=O)NC(c2ccccc2)C2CC2)n1. The van der Waals surface area contributed by atoms with E-state index in [-0.39, 0.29) is 11.9 Å². The summed E-state index contributed by atoms with van der Waals surface area (Å²) in [4.78, 5) is 16.6. The number of hydrogen-bond donors (Lipinski definition) is 1. The van der Waals surface area contributed by atoms with Crippen LogP contribution in [0.15, 0.2) is 40.1 Å². The summed E-state index contributed by atoms with van der Waals surface area (Å²) in [6, 6.07) is 10.4. The van der Waals surface area contributed by atoms with Crippen molar-refractivity contribution in [2.75, 3.05) is 5.75 Å². The van der Waals surface area contributed by atoms with Crippen molar-refractivity contribution in [2.24, 2.45) is 5.92 Å². The van der Waals surface area contributed by atoms with Crippen molar-refractivity contribution >= 4 is 29.0 Å². The number of benzene rings is 1. The summed E-state index contributed by atoms with van der Waals surface area (Å²) in [6.07, 6.45) is 2.41. The number of nitrogens with zero attached hydrogens (tertiary/aromatic N) is 1. The van der Waals surface area contributed by atoms with Crippen LogP contribution in [0.4, 0.5) is 0 Å². The van der Waals surface area contributed by atoms with E-state index in [9.17, 15) is 4.79 Å². The van der Waals surface area contributed by atoms with Crippen LogP contribution in [0.2, 0.25) is 0 Å². The molecule has 0 radical (unpaired) electrons. The fourth-order valence-corrected chi connectivity index (χ4v) is 3.96. The van der Waals surface area contributed by atoms with Crippen LogP contribution >= 0.6 is 23.1 Å². The minimum absolute atomic E-state index is 0.0913. The van der Waals surface area contributed by atoms with E-state index < -0.39 is 0 Å². The lowest BCUT2D eigenvalue weighted by Crippen LogP contribution is -2.31. The zero-order valence-electron chi connectivity index (χ0n) is 11.9. The van der Waals surface area contributed by atoms with Crippen molar-refractivity contribution < 1.29 is 4.79 Å². The van der Waals surface area contributed by atoms with Gasteiger partial charge in [-0.25, -0.2) is 4.98 Å². The van der Waals surface area contributed by atoms with E-state index in [1.807, 2.05) is 30.5 Å². The lowest BCUT2D eigenvalue weighted by molar-refractivity contribution is -0.119. The largest absolute Gasteiger partial charge is 0.348 e. The molecule has 5 heteroatoms. The highest BCUT2D eigenvalue weighted by Crippen LogP contribution is 2.41. The van der Waals surface area contributed by atoms with E-state index in [4.69, 9.17) is 0 Å². The molecule has 0 aliphatic heterocycles. The molecular formula is C16H18N2OS2. The van der Waals surface area contributed by atoms with Crippen molar-refractivity contribution in [3.63, 3.8) is 0 Å². The quantitative estimate of drug-likeness (QED) is 0.824. The highest BCUT2D eigenvalue weighted by atomic mass is 32.2. The van der Waals surface area contributed by atoms with E-state index in [0.29, 0.717) is 11.7 Å². The van der Waals surface area contributed by atoms with E-state index in [2.05, 4.69) is 22.4 Å². The molecule has 21 heavy (non-hydrogen) atoms. The number of carbonyl (C=O) groups is 1. The highest BCUT2D eigenvalue weighted by Gasteiger charge is 2.33. The van der Waals surface area contributed by atoms with Crippen LogP contribution in [-0.4, -0.2) is 16.6 Å². The van der Waals surface area contributed by atoms with Gasteiger partial charge >= 0.3 is 0 Å². The third kappa shape index (κ3) is 4.08. The van der Waals surface area contributed by atoms with E-state index in [1.165, 1.54) is 30.2 Å². The second kappa shape index (κ2) is 6.62. The zero-order valence-corrected chi connectivity index (χ0v) is 13.5. The van der Waals surface area contributed by atoms with Gasteiger partial charge in [0.25, 0.3) is 0 Å². The van der Waals surface area contributed by atoms with Crippen LogP contribution in [0, 0.1) is 12.8 Å². The molecule has 1 N–H and O–H groups in total. The lowest BCUT2D eigenvalue weighted by atomic mass is 10.0. The molecule has 1 heterocycles. The summed E-state index contributed by atoms with van der Waals surface area (Å²) in [5, 5.41) is 5.20. The molecule has 1 aliphatic rings. The van der Waals surface area contributed by atoms with E-state index in [0.717, 1.165) is 10.0 Å². The molecule has 1 saturated carbocycles. The van der Waals surface area contributed by atoms with Gasteiger partial charge in [0.1, 0.15) is 0 Å². The minimum Gasteiger partial charge on any atom is -0.348 e. The maximum Gasteiger partial charge on any atom is 0.230 e. The maximum atomic E-state index is 12.2. The average Bonchev–Trinajstić information content (AvgIpc) is 3.26. The molecule has 110 valence electrons. The summed E-state index contributed by atoms with van der Waals surface area (Å²) in [5.41, 5.74) is 2.23. The number of nitrogens with one attached hydrogen (secondary N) is 1. The molecule has 1 fully saturated rings. The standard InChI is InChI=1S/C16H18N2OS2/c1-11-9-20-16(17-11)21-10-14(19)18-15(13-7-8-13)12-5-3-2-4-6-12/h2-6,9,13,15H,7-8,10H2,1H3,(H,18,19). The summed E-state index contributed by atoms with van der Waals surface area (Å²) in [5.74, 6) is 1.13. The van der Waals surface area contributed by atoms with Crippen LogP contribution in [0.3, 0.4) is 0 Å². The first-order chi connectivity index (χ1) is 10.2. The summed E-state index contributed by atoms with van der Waals surface area (Å²) in [7, 11) is 0. The van der Waals surface area contributed by atoms with Crippen LogP contribution in [0.1, 0.15) is 30.1 Å². The molecule has 1 aromatic carbocycles. The van der Waals surface area contributed by atoms with Crippen LogP contribution in [0.5, 0.6) is 0 Å². The fraction of sp³-hybridized carbons (Fsp3) is 0.375. The highest BCUT2D eigenvalue weighted by molar-refractivity contribution is 8.01. The number of thiazole rings is 1. The molecule has 1 aliphatic carbocycles. The van der Waals surface area contributed by atoms with E-state index >= 15 is 0 Å². The molecule has 1 amide bonds. The Kier molecular flexibility index (Phi) is 4.60. The third-order valence-electron chi connectivity index (χ3n) is 3.49. The predicted molar refractivity (Wildman–Crippen MR) is 87.6 cm³/mol. The summed E-state index contributed by atoms with van der Waals surface area (Å²) < 4.78 is 0.963. The van der Waals surface area contributed by atoms with Gasteiger partial charge in [0, 0.05) is 11.1 Å². The van der Waals surface area contributed by atoms with Gasteiger partial charge in [-0.1, -0.05) is 42.1 Å². The van der Waals surface area contributed by atoms with Crippen LogP contribution < -0.4 is 5.32 Å². The fourth-order valence-electron chi connectivity index (χ4n) is 2.30. The number of amides is 1. The first kappa shape index (κ1) is 14.6. The van der Waals surface area contributed by atoms with Gasteiger partial charge in [-0.05, 0) is 31.2 Å². The Hall–Kier alpha value is -1.33. The number of aryl methyl sites for hydroxylation is 1. The van der Waals surface area contributed by atoms with Gasteiger partial charge in [0.2, 0.25) is 5.91 Å². The average molecular weight is 318 g/mol. The molecule has 0 saturated heterocycles. The van der Waals surface area contributed by atoms with Crippen LogP contribution in [0.25, 0.3) is 0 Å². The Balaban J connectivity index is 1.57. The van der Waals surface area contributed by atoms with Crippen LogP contribution in [-0.2, 0) is 4.79 Å². The van der Waals surface area contributed by atoms with Gasteiger partial charge in [0.05, 0.1) is 11.8 Å². The molecule has 3 rings (SSSR count). The van der Waals surface area contributed by atoms with Gasteiger partial charge < -0.3 is 5.32 Å². The minimum atomic E-state index is 0.0913.